The molecule has 0 aromatic rings. The predicted octanol–water partition coefficient (Wildman–Crippen LogP) is 0.825. The molecule has 20 heavy (non-hydrogen) atoms. The van der Waals surface area contributed by atoms with Gasteiger partial charge in [-0.25, -0.2) is 9.59 Å². The summed E-state index contributed by atoms with van der Waals surface area (Å²) in [6.07, 6.45) is 16.0. The number of hydrogen-bond acceptors (Lipinski definition) is 4. The zero-order chi connectivity index (χ0) is 15.1. The Morgan fingerprint density at radius 1 is 0.750 bits per heavy atom. The summed E-state index contributed by atoms with van der Waals surface area (Å²) in [6.45, 7) is 0. The van der Waals surface area contributed by atoms with Crippen LogP contribution in [-0.2, 0) is 19.1 Å². The maximum atomic E-state index is 11.0. The van der Waals surface area contributed by atoms with Gasteiger partial charge in [0.15, 0.2) is 0 Å². The summed E-state index contributed by atoms with van der Waals surface area (Å²) in [5, 5.41) is 0. The number of unbranched alkanes of at least 4 members (excludes halogenated alkanes) is 2. The third-order valence-corrected chi connectivity index (χ3v) is 1.49. The molecule has 0 bridgehead atoms. The van der Waals surface area contributed by atoms with E-state index in [4.69, 9.17) is 12.8 Å². The van der Waals surface area contributed by atoms with Crippen LogP contribution in [0.4, 0.5) is 0 Å². The van der Waals surface area contributed by atoms with Crippen LogP contribution in [0, 0.1) is 60.6 Å². The summed E-state index contributed by atoms with van der Waals surface area (Å²) >= 11 is 0. The van der Waals surface area contributed by atoms with Gasteiger partial charge in [-0.05, 0) is 0 Å². The van der Waals surface area contributed by atoms with Crippen LogP contribution in [0.3, 0.4) is 0 Å². The Labute approximate surface area is 118 Å². The first kappa shape index (κ1) is 16.7. The topological polar surface area (TPSA) is 52.6 Å². The average Bonchev–Trinajstić information content (AvgIpc) is 2.44. The number of carbonyl (C=O) groups excluding carboxylic acids is 2. The smallest absolute Gasteiger partial charge is 0.362 e. The molecule has 98 valence electrons. The maximum absolute atomic E-state index is 11.0. The minimum absolute atomic E-state index is 0.409. The third-order valence-electron chi connectivity index (χ3n) is 1.49. The molecule has 0 aromatic heterocycles. The van der Waals surface area contributed by atoms with Crippen molar-refractivity contribution < 1.29 is 19.1 Å². The van der Waals surface area contributed by atoms with E-state index < -0.39 is 11.9 Å². The van der Waals surface area contributed by atoms with E-state index in [0.29, 0.717) is 25.7 Å². The van der Waals surface area contributed by atoms with Gasteiger partial charge in [-0.15, -0.1) is 24.7 Å². The molecule has 0 saturated carbocycles. The first-order valence-electron chi connectivity index (χ1n) is 5.47. The van der Waals surface area contributed by atoms with E-state index in [1.54, 1.807) is 0 Å². The van der Waals surface area contributed by atoms with E-state index in [0.717, 1.165) is 0 Å². The SMILES string of the molecule is C#CCCC#COC(=O)C#CC(=O)OC#CCCC#C. The number of terminal acetylenes is 2. The first-order chi connectivity index (χ1) is 9.70. The highest BCUT2D eigenvalue weighted by molar-refractivity contribution is 5.98. The highest BCUT2D eigenvalue weighted by atomic mass is 16.5. The fraction of sp³-hybridized carbons (Fsp3) is 0.250. The summed E-state index contributed by atoms with van der Waals surface area (Å²) in [4.78, 5) is 22.0. The van der Waals surface area contributed by atoms with Crippen LogP contribution in [0.25, 0.3) is 0 Å². The average molecular weight is 266 g/mol. The molecule has 0 radical (unpaired) electrons. The second-order valence-corrected chi connectivity index (χ2v) is 2.99. The molecule has 0 amide bonds. The van der Waals surface area contributed by atoms with Gasteiger partial charge < -0.3 is 9.47 Å². The lowest BCUT2D eigenvalue weighted by atomic mass is 10.3. The number of esters is 2. The van der Waals surface area contributed by atoms with Gasteiger partial charge in [0, 0.05) is 37.5 Å². The van der Waals surface area contributed by atoms with Crippen LogP contribution in [-0.4, -0.2) is 11.9 Å². The Kier molecular flexibility index (Phi) is 10.2. The van der Waals surface area contributed by atoms with Gasteiger partial charge in [-0.3, -0.25) is 0 Å². The molecular formula is C16H10O4. The van der Waals surface area contributed by atoms with Gasteiger partial charge in [-0.2, -0.15) is 0 Å². The Hall–Kier alpha value is -3.26. The molecule has 0 saturated heterocycles. The van der Waals surface area contributed by atoms with Crippen LogP contribution in [0.5, 0.6) is 0 Å². The van der Waals surface area contributed by atoms with E-state index in [2.05, 4.69) is 45.4 Å². The Morgan fingerprint density at radius 2 is 1.15 bits per heavy atom. The first-order valence-corrected chi connectivity index (χ1v) is 5.47. The predicted molar refractivity (Wildman–Crippen MR) is 71.6 cm³/mol. The lowest BCUT2D eigenvalue weighted by Gasteiger charge is -1.85. The van der Waals surface area contributed by atoms with Crippen molar-refractivity contribution in [3.8, 4) is 60.6 Å². The van der Waals surface area contributed by atoms with Crippen molar-refractivity contribution in [2.75, 3.05) is 0 Å². The Balaban J connectivity index is 4.04. The Bertz CT molecular complexity index is 556. The normalized spacial score (nSPS) is 6.90. The van der Waals surface area contributed by atoms with Crippen molar-refractivity contribution in [2.24, 2.45) is 0 Å². The van der Waals surface area contributed by atoms with Crippen LogP contribution in [0.15, 0.2) is 0 Å². The summed E-state index contributed by atoms with van der Waals surface area (Å²) < 4.78 is 8.78. The standard InChI is InChI=1S/C16H10O4/c1-3-5-7-9-13-19-15(17)11-12-16(18)20-14-10-8-6-4-2/h1-2H,5-8H2. The molecule has 0 heterocycles. The van der Waals surface area contributed by atoms with E-state index in [9.17, 15) is 9.59 Å². The van der Waals surface area contributed by atoms with Crippen molar-refractivity contribution in [2.45, 2.75) is 25.7 Å². The number of hydrogen-bond donors (Lipinski definition) is 0. The van der Waals surface area contributed by atoms with Gasteiger partial charge in [0.2, 0.25) is 0 Å². The molecule has 4 nitrogen and oxygen atoms in total. The van der Waals surface area contributed by atoms with Crippen LogP contribution in [0.2, 0.25) is 0 Å². The second-order valence-electron chi connectivity index (χ2n) is 2.99. The monoisotopic (exact) mass is 266 g/mol. The van der Waals surface area contributed by atoms with Crippen molar-refractivity contribution >= 4 is 11.9 Å². The zero-order valence-electron chi connectivity index (χ0n) is 10.6. The van der Waals surface area contributed by atoms with Crippen LogP contribution < -0.4 is 0 Å². The van der Waals surface area contributed by atoms with E-state index >= 15 is 0 Å². The largest absolute Gasteiger partial charge is 0.398 e. The number of ether oxygens (including phenoxy) is 2. The molecule has 0 aliphatic heterocycles. The second kappa shape index (κ2) is 12.2. The minimum atomic E-state index is -0.963. The van der Waals surface area contributed by atoms with Gasteiger partial charge >= 0.3 is 11.9 Å². The quantitative estimate of drug-likeness (QED) is 0.321. The van der Waals surface area contributed by atoms with E-state index in [1.807, 2.05) is 11.8 Å². The lowest BCUT2D eigenvalue weighted by Crippen LogP contribution is -1.99. The van der Waals surface area contributed by atoms with E-state index in [1.165, 1.54) is 0 Å². The highest BCUT2D eigenvalue weighted by Crippen LogP contribution is 1.83. The van der Waals surface area contributed by atoms with Gasteiger partial charge in [0.1, 0.15) is 12.2 Å². The summed E-state index contributed by atoms with van der Waals surface area (Å²) in [5.74, 6) is 11.6. The fourth-order valence-electron chi connectivity index (χ4n) is 0.689. The molecule has 0 atom stereocenters. The van der Waals surface area contributed by atoms with Crippen molar-refractivity contribution in [1.29, 1.82) is 0 Å². The van der Waals surface area contributed by atoms with Crippen molar-refractivity contribution in [3.63, 3.8) is 0 Å². The van der Waals surface area contributed by atoms with Gasteiger partial charge in [0.25, 0.3) is 0 Å². The molecular weight excluding hydrogens is 256 g/mol. The molecule has 0 aromatic carbocycles. The molecule has 0 unspecified atom stereocenters. The third kappa shape index (κ3) is 11.2. The fourth-order valence-corrected chi connectivity index (χ4v) is 0.689. The van der Waals surface area contributed by atoms with Crippen LogP contribution >= 0.6 is 0 Å². The summed E-state index contributed by atoms with van der Waals surface area (Å²) in [5.41, 5.74) is 0. The maximum Gasteiger partial charge on any atom is 0.398 e. The molecule has 0 fully saturated rings. The molecule has 4 heteroatoms. The van der Waals surface area contributed by atoms with Crippen molar-refractivity contribution in [1.82, 2.24) is 0 Å². The van der Waals surface area contributed by atoms with E-state index in [-0.39, 0.29) is 0 Å². The molecule has 0 rings (SSSR count). The Morgan fingerprint density at radius 3 is 1.50 bits per heavy atom. The number of rotatable bonds is 2. The minimum Gasteiger partial charge on any atom is -0.362 e. The summed E-state index contributed by atoms with van der Waals surface area (Å²) in [6, 6.07) is 0. The summed E-state index contributed by atoms with van der Waals surface area (Å²) in [7, 11) is 0. The number of carbonyl (C=O) groups is 2. The lowest BCUT2D eigenvalue weighted by molar-refractivity contribution is -0.132. The van der Waals surface area contributed by atoms with Crippen LogP contribution in [0.1, 0.15) is 25.7 Å². The highest BCUT2D eigenvalue weighted by Gasteiger charge is 1.97. The van der Waals surface area contributed by atoms with Crippen molar-refractivity contribution in [3.05, 3.63) is 0 Å². The van der Waals surface area contributed by atoms with Gasteiger partial charge in [-0.1, -0.05) is 11.8 Å². The molecule has 0 N–H and O–H groups in total. The molecule has 0 aliphatic carbocycles. The zero-order valence-corrected chi connectivity index (χ0v) is 10.6. The molecule has 0 spiro atoms. The van der Waals surface area contributed by atoms with Gasteiger partial charge in [0.05, 0.1) is 0 Å². The molecule has 0 aliphatic rings.